The van der Waals surface area contributed by atoms with Crippen molar-refractivity contribution in [3.63, 3.8) is 0 Å². The van der Waals surface area contributed by atoms with Crippen molar-refractivity contribution in [2.45, 2.75) is 13.5 Å². The quantitative estimate of drug-likeness (QED) is 0.787. The van der Waals surface area contributed by atoms with Gasteiger partial charge in [0.2, 0.25) is 0 Å². The summed E-state index contributed by atoms with van der Waals surface area (Å²) >= 11 is 1.69. The molecule has 0 bridgehead atoms. The van der Waals surface area contributed by atoms with Crippen molar-refractivity contribution in [3.05, 3.63) is 46.3 Å². The molecule has 1 aromatic carbocycles. The molecule has 0 unspecified atom stereocenters. The Balaban J connectivity index is 2.07. The molecule has 0 aliphatic carbocycles. The molecule has 2 aromatic rings. The third-order valence-corrected chi connectivity index (χ3v) is 3.02. The molecule has 0 fully saturated rings. The predicted octanol–water partition coefficient (Wildman–Crippen LogP) is 3.09. The van der Waals surface area contributed by atoms with Gasteiger partial charge in [0.05, 0.1) is 5.01 Å². The molecule has 0 saturated heterocycles. The van der Waals surface area contributed by atoms with Gasteiger partial charge in [-0.25, -0.2) is 4.98 Å². The van der Waals surface area contributed by atoms with E-state index >= 15 is 0 Å². The van der Waals surface area contributed by atoms with Crippen LogP contribution in [-0.4, -0.2) is 12.0 Å². The molecule has 3 heteroatoms. The maximum Gasteiger partial charge on any atom is 0.139 e. The van der Waals surface area contributed by atoms with Crippen LogP contribution in [0.1, 0.15) is 10.6 Å². The summed E-state index contributed by atoms with van der Waals surface area (Å²) in [5.41, 5.74) is 1.31. The van der Waals surface area contributed by atoms with Gasteiger partial charge in [0, 0.05) is 19.0 Å². The first kappa shape index (κ1) is 10.2. The number of hydrogen-bond acceptors (Lipinski definition) is 3. The van der Waals surface area contributed by atoms with Crippen LogP contribution in [0.4, 0.5) is 5.82 Å². The van der Waals surface area contributed by atoms with E-state index in [0.29, 0.717) is 0 Å². The van der Waals surface area contributed by atoms with E-state index < -0.39 is 0 Å². The third-order valence-electron chi connectivity index (χ3n) is 2.26. The predicted molar refractivity (Wildman–Crippen MR) is 65.4 cm³/mol. The lowest BCUT2D eigenvalue weighted by molar-refractivity contribution is 0.901. The van der Waals surface area contributed by atoms with E-state index in [1.807, 2.05) is 13.0 Å². The number of aromatic nitrogens is 1. The summed E-state index contributed by atoms with van der Waals surface area (Å²) < 4.78 is 0. The summed E-state index contributed by atoms with van der Waals surface area (Å²) in [7, 11) is 2.07. The highest BCUT2D eigenvalue weighted by Gasteiger charge is 2.04. The highest BCUT2D eigenvalue weighted by atomic mass is 32.1. The van der Waals surface area contributed by atoms with Gasteiger partial charge < -0.3 is 4.90 Å². The van der Waals surface area contributed by atoms with Crippen molar-refractivity contribution in [3.8, 4) is 0 Å². The molecule has 15 heavy (non-hydrogen) atoms. The Morgan fingerprint density at radius 1 is 1.27 bits per heavy atom. The van der Waals surface area contributed by atoms with Gasteiger partial charge >= 0.3 is 0 Å². The van der Waals surface area contributed by atoms with Crippen molar-refractivity contribution in [1.29, 1.82) is 0 Å². The van der Waals surface area contributed by atoms with E-state index in [1.54, 1.807) is 11.3 Å². The van der Waals surface area contributed by atoms with Crippen LogP contribution in [0.5, 0.6) is 0 Å². The Morgan fingerprint density at radius 3 is 2.60 bits per heavy atom. The van der Waals surface area contributed by atoms with Gasteiger partial charge in [0.15, 0.2) is 0 Å². The number of benzene rings is 1. The lowest BCUT2D eigenvalue weighted by atomic mass is 10.2. The van der Waals surface area contributed by atoms with E-state index in [-0.39, 0.29) is 0 Å². The molecule has 0 N–H and O–H groups in total. The molecule has 78 valence electrons. The summed E-state index contributed by atoms with van der Waals surface area (Å²) in [6, 6.07) is 10.4. The van der Waals surface area contributed by atoms with Crippen molar-refractivity contribution in [2.75, 3.05) is 11.9 Å². The second-order valence-corrected chi connectivity index (χ2v) is 4.63. The smallest absolute Gasteiger partial charge is 0.139 e. The van der Waals surface area contributed by atoms with Crippen LogP contribution in [0, 0.1) is 6.92 Å². The second-order valence-electron chi connectivity index (χ2n) is 3.57. The van der Waals surface area contributed by atoms with Gasteiger partial charge in [-0.2, -0.15) is 0 Å². The Labute approximate surface area is 94.2 Å². The summed E-state index contributed by atoms with van der Waals surface area (Å²) in [4.78, 5) is 6.62. The van der Waals surface area contributed by atoms with E-state index in [1.165, 1.54) is 5.56 Å². The topological polar surface area (TPSA) is 16.1 Å². The monoisotopic (exact) mass is 218 g/mol. The van der Waals surface area contributed by atoms with Crippen LogP contribution in [0.15, 0.2) is 35.7 Å². The molecule has 0 amide bonds. The fourth-order valence-electron chi connectivity index (χ4n) is 1.47. The maximum atomic E-state index is 4.45. The lowest BCUT2D eigenvalue weighted by Gasteiger charge is -2.15. The average Bonchev–Trinajstić information content (AvgIpc) is 2.66. The molecular formula is C12H14N2S. The van der Waals surface area contributed by atoms with Crippen LogP contribution in [0.3, 0.4) is 0 Å². The minimum Gasteiger partial charge on any atom is -0.355 e. The molecule has 0 saturated carbocycles. The molecule has 0 spiro atoms. The molecule has 1 heterocycles. The number of rotatable bonds is 3. The van der Waals surface area contributed by atoms with Crippen LogP contribution < -0.4 is 4.90 Å². The molecular weight excluding hydrogens is 204 g/mol. The molecule has 1 aromatic heterocycles. The Morgan fingerprint density at radius 2 is 2.00 bits per heavy atom. The maximum absolute atomic E-state index is 4.45. The van der Waals surface area contributed by atoms with Crippen molar-refractivity contribution < 1.29 is 0 Å². The second kappa shape index (κ2) is 4.45. The first-order valence-corrected chi connectivity index (χ1v) is 5.81. The number of aryl methyl sites for hydroxylation is 1. The molecule has 0 aliphatic rings. The van der Waals surface area contributed by atoms with E-state index in [9.17, 15) is 0 Å². The number of anilines is 1. The highest BCUT2D eigenvalue weighted by molar-refractivity contribution is 7.09. The van der Waals surface area contributed by atoms with E-state index in [2.05, 4.69) is 46.6 Å². The van der Waals surface area contributed by atoms with Crippen LogP contribution >= 0.6 is 11.3 Å². The SMILES string of the molecule is Cc1nc(N(C)Cc2ccccc2)cs1. The van der Waals surface area contributed by atoms with E-state index in [4.69, 9.17) is 0 Å². The minimum absolute atomic E-state index is 0.907. The molecule has 2 nitrogen and oxygen atoms in total. The van der Waals surface area contributed by atoms with Crippen LogP contribution in [0.25, 0.3) is 0 Å². The Bertz CT molecular complexity index is 422. The van der Waals surface area contributed by atoms with Gasteiger partial charge in [-0.3, -0.25) is 0 Å². The number of hydrogen-bond donors (Lipinski definition) is 0. The highest BCUT2D eigenvalue weighted by Crippen LogP contribution is 2.18. The fraction of sp³-hybridized carbons (Fsp3) is 0.250. The zero-order chi connectivity index (χ0) is 10.7. The minimum atomic E-state index is 0.907. The molecule has 0 atom stereocenters. The summed E-state index contributed by atoms with van der Waals surface area (Å²) in [5, 5.41) is 3.21. The Kier molecular flexibility index (Phi) is 3.02. The molecule has 0 aliphatic heterocycles. The van der Waals surface area contributed by atoms with Crippen LogP contribution in [0.2, 0.25) is 0 Å². The zero-order valence-corrected chi connectivity index (χ0v) is 9.79. The zero-order valence-electron chi connectivity index (χ0n) is 8.97. The van der Waals surface area contributed by atoms with Crippen molar-refractivity contribution in [2.24, 2.45) is 0 Å². The fourth-order valence-corrected chi connectivity index (χ4v) is 2.12. The lowest BCUT2D eigenvalue weighted by Crippen LogP contribution is -2.16. The van der Waals surface area contributed by atoms with Gasteiger partial charge in [-0.1, -0.05) is 30.3 Å². The third kappa shape index (κ3) is 2.57. The average molecular weight is 218 g/mol. The van der Waals surface area contributed by atoms with Crippen molar-refractivity contribution in [1.82, 2.24) is 4.98 Å². The first-order chi connectivity index (χ1) is 7.25. The molecule has 2 rings (SSSR count). The van der Waals surface area contributed by atoms with Crippen molar-refractivity contribution >= 4 is 17.2 Å². The summed E-state index contributed by atoms with van der Waals surface area (Å²) in [6.45, 7) is 2.94. The summed E-state index contributed by atoms with van der Waals surface area (Å²) in [5.74, 6) is 1.06. The molecule has 0 radical (unpaired) electrons. The first-order valence-electron chi connectivity index (χ1n) is 4.93. The van der Waals surface area contributed by atoms with Crippen LogP contribution in [-0.2, 0) is 6.54 Å². The van der Waals surface area contributed by atoms with Gasteiger partial charge in [-0.15, -0.1) is 11.3 Å². The number of thiazole rings is 1. The normalized spacial score (nSPS) is 10.3. The van der Waals surface area contributed by atoms with E-state index in [0.717, 1.165) is 17.4 Å². The summed E-state index contributed by atoms with van der Waals surface area (Å²) in [6.07, 6.45) is 0. The largest absolute Gasteiger partial charge is 0.355 e. The standard InChI is InChI=1S/C12H14N2S/c1-10-13-12(9-15-10)14(2)8-11-6-4-3-5-7-11/h3-7,9H,8H2,1-2H3. The van der Waals surface area contributed by atoms with Gasteiger partial charge in [0.1, 0.15) is 5.82 Å². The van der Waals surface area contributed by atoms with Gasteiger partial charge in [0.25, 0.3) is 0 Å². The Hall–Kier alpha value is -1.35. The van der Waals surface area contributed by atoms with Gasteiger partial charge in [-0.05, 0) is 12.5 Å². The number of nitrogens with zero attached hydrogens (tertiary/aromatic N) is 2.